The van der Waals surface area contributed by atoms with Crippen molar-refractivity contribution >= 4 is 27.3 Å². The standard InChI is InChI=1S/C17H22N2O4S2/c1-4-12-5-7-13(8-6-12)15(19(2)3)10-18-25(22,23)16-9-14(11-24-16)17(20)21/h5-9,11,15,18H,4,10H2,1-3H3,(H,20,21)/t15-/m0/s1. The monoisotopic (exact) mass is 382 g/mol. The molecule has 136 valence electrons. The summed E-state index contributed by atoms with van der Waals surface area (Å²) in [5, 5.41) is 10.3. The van der Waals surface area contributed by atoms with Crippen LogP contribution in [0.2, 0.25) is 0 Å². The molecule has 0 saturated heterocycles. The quantitative estimate of drug-likeness (QED) is 0.733. The zero-order valence-electron chi connectivity index (χ0n) is 14.4. The Morgan fingerprint density at radius 2 is 1.92 bits per heavy atom. The predicted octanol–water partition coefficient (Wildman–Crippen LogP) is 2.59. The summed E-state index contributed by atoms with van der Waals surface area (Å²) in [4.78, 5) is 12.9. The Labute approximate surface area is 152 Å². The molecule has 1 aromatic heterocycles. The minimum atomic E-state index is -3.74. The highest BCUT2D eigenvalue weighted by molar-refractivity contribution is 7.91. The lowest BCUT2D eigenvalue weighted by atomic mass is 10.0. The van der Waals surface area contributed by atoms with E-state index in [1.54, 1.807) is 0 Å². The van der Waals surface area contributed by atoms with Crippen LogP contribution in [0.3, 0.4) is 0 Å². The molecule has 0 amide bonds. The number of nitrogens with zero attached hydrogens (tertiary/aromatic N) is 1. The van der Waals surface area contributed by atoms with Crippen LogP contribution in [0.5, 0.6) is 0 Å². The fourth-order valence-corrected chi connectivity index (χ4v) is 4.64. The van der Waals surface area contributed by atoms with E-state index in [2.05, 4.69) is 11.6 Å². The average Bonchev–Trinajstić information content (AvgIpc) is 3.06. The van der Waals surface area contributed by atoms with Crippen LogP contribution in [0.15, 0.2) is 39.9 Å². The minimum absolute atomic E-state index is 0.00346. The lowest BCUT2D eigenvalue weighted by Gasteiger charge is -2.25. The van der Waals surface area contributed by atoms with Crippen LogP contribution in [0.25, 0.3) is 0 Å². The van der Waals surface area contributed by atoms with Gasteiger partial charge in [0.2, 0.25) is 10.0 Å². The summed E-state index contributed by atoms with van der Waals surface area (Å²) in [5.41, 5.74) is 2.22. The molecule has 6 nitrogen and oxygen atoms in total. The van der Waals surface area contributed by atoms with Gasteiger partial charge in [0.15, 0.2) is 0 Å². The number of benzene rings is 1. The van der Waals surface area contributed by atoms with Gasteiger partial charge in [-0.3, -0.25) is 0 Å². The van der Waals surface area contributed by atoms with Crippen LogP contribution < -0.4 is 4.72 Å². The molecular weight excluding hydrogens is 360 g/mol. The largest absolute Gasteiger partial charge is 0.478 e. The Kier molecular flexibility index (Phi) is 6.34. The molecule has 25 heavy (non-hydrogen) atoms. The molecule has 0 aliphatic heterocycles. The first-order chi connectivity index (χ1) is 11.7. The topological polar surface area (TPSA) is 86.7 Å². The number of carboxylic acids is 1. The van der Waals surface area contributed by atoms with Gasteiger partial charge in [-0.1, -0.05) is 31.2 Å². The van der Waals surface area contributed by atoms with Crippen molar-refractivity contribution in [2.75, 3.05) is 20.6 Å². The molecule has 0 aliphatic carbocycles. The molecule has 1 aromatic carbocycles. The van der Waals surface area contributed by atoms with Crippen molar-refractivity contribution in [3.05, 3.63) is 52.4 Å². The number of likely N-dealkylation sites (N-methyl/N-ethyl adjacent to an activating group) is 1. The highest BCUT2D eigenvalue weighted by atomic mass is 32.2. The zero-order chi connectivity index (χ0) is 18.6. The Morgan fingerprint density at radius 3 is 2.40 bits per heavy atom. The number of carbonyl (C=O) groups is 1. The molecule has 0 fully saturated rings. The van der Waals surface area contributed by atoms with Crippen LogP contribution in [-0.2, 0) is 16.4 Å². The molecule has 8 heteroatoms. The molecule has 2 N–H and O–H groups in total. The number of aromatic carboxylic acids is 1. The molecular formula is C17H22N2O4S2. The maximum Gasteiger partial charge on any atom is 0.336 e. The maximum absolute atomic E-state index is 12.4. The number of rotatable bonds is 8. The van der Waals surface area contributed by atoms with E-state index in [1.807, 2.05) is 43.3 Å². The van der Waals surface area contributed by atoms with Crippen molar-refractivity contribution in [1.29, 1.82) is 0 Å². The molecule has 1 heterocycles. The zero-order valence-corrected chi connectivity index (χ0v) is 16.0. The number of hydrogen-bond donors (Lipinski definition) is 2. The summed E-state index contributed by atoms with van der Waals surface area (Å²) in [6.45, 7) is 2.28. The second-order valence-corrected chi connectivity index (χ2v) is 8.79. The number of thiophene rings is 1. The van der Waals surface area contributed by atoms with Gasteiger partial charge in [-0.15, -0.1) is 11.3 Å². The van der Waals surface area contributed by atoms with Crippen molar-refractivity contribution in [2.24, 2.45) is 0 Å². The maximum atomic E-state index is 12.4. The lowest BCUT2D eigenvalue weighted by molar-refractivity contribution is 0.0697. The molecule has 0 spiro atoms. The number of sulfonamides is 1. The molecule has 2 rings (SSSR count). The van der Waals surface area contributed by atoms with Crippen LogP contribution in [-0.4, -0.2) is 45.0 Å². The molecule has 0 radical (unpaired) electrons. The van der Waals surface area contributed by atoms with Crippen molar-refractivity contribution in [2.45, 2.75) is 23.6 Å². The highest BCUT2D eigenvalue weighted by Gasteiger charge is 2.22. The molecule has 0 bridgehead atoms. The molecule has 0 aliphatic rings. The van der Waals surface area contributed by atoms with E-state index >= 15 is 0 Å². The highest BCUT2D eigenvalue weighted by Crippen LogP contribution is 2.22. The second kappa shape index (κ2) is 8.09. The SMILES string of the molecule is CCc1ccc([C@H](CNS(=O)(=O)c2cc(C(=O)O)cs2)N(C)C)cc1. The van der Waals surface area contributed by atoms with Gasteiger partial charge in [0, 0.05) is 18.0 Å². The molecule has 0 saturated carbocycles. The fourth-order valence-electron chi connectivity index (χ4n) is 2.40. The number of aryl methyl sites for hydroxylation is 1. The summed E-state index contributed by atoms with van der Waals surface area (Å²) < 4.78 is 27.4. The second-order valence-electron chi connectivity index (χ2n) is 5.89. The Balaban J connectivity index is 2.15. The smallest absolute Gasteiger partial charge is 0.336 e. The van der Waals surface area contributed by atoms with Crippen LogP contribution >= 0.6 is 11.3 Å². The third-order valence-electron chi connectivity index (χ3n) is 3.95. The van der Waals surface area contributed by atoms with E-state index in [9.17, 15) is 13.2 Å². The summed E-state index contributed by atoms with van der Waals surface area (Å²) in [6, 6.07) is 9.14. The molecule has 1 atom stereocenters. The third kappa shape index (κ3) is 4.88. The van der Waals surface area contributed by atoms with Crippen LogP contribution in [0, 0.1) is 0 Å². The Bertz CT molecular complexity index is 827. The third-order valence-corrected chi connectivity index (χ3v) is 6.81. The molecule has 2 aromatic rings. The first kappa shape index (κ1) is 19.6. The van der Waals surface area contributed by atoms with Gasteiger partial charge in [-0.25, -0.2) is 17.9 Å². The van der Waals surface area contributed by atoms with Gasteiger partial charge in [-0.2, -0.15) is 0 Å². The first-order valence-corrected chi connectivity index (χ1v) is 10.2. The molecule has 0 unspecified atom stereocenters. The minimum Gasteiger partial charge on any atom is -0.478 e. The van der Waals surface area contributed by atoms with E-state index in [0.29, 0.717) is 0 Å². The lowest BCUT2D eigenvalue weighted by Crippen LogP contribution is -2.34. The number of carboxylic acid groups (broad SMARTS) is 1. The Morgan fingerprint density at radius 1 is 1.28 bits per heavy atom. The van der Waals surface area contributed by atoms with Gasteiger partial charge in [0.1, 0.15) is 4.21 Å². The van der Waals surface area contributed by atoms with Gasteiger partial charge in [-0.05, 0) is 37.7 Å². The van der Waals surface area contributed by atoms with E-state index in [0.717, 1.165) is 23.3 Å². The number of nitrogens with one attached hydrogen (secondary N) is 1. The van der Waals surface area contributed by atoms with Crippen molar-refractivity contribution in [3.8, 4) is 0 Å². The normalized spacial score (nSPS) is 13.1. The average molecular weight is 383 g/mol. The van der Waals surface area contributed by atoms with Crippen molar-refractivity contribution in [3.63, 3.8) is 0 Å². The van der Waals surface area contributed by atoms with E-state index in [1.165, 1.54) is 17.0 Å². The van der Waals surface area contributed by atoms with E-state index < -0.39 is 16.0 Å². The van der Waals surface area contributed by atoms with Gasteiger partial charge in [0.25, 0.3) is 0 Å². The van der Waals surface area contributed by atoms with Gasteiger partial charge < -0.3 is 10.0 Å². The van der Waals surface area contributed by atoms with E-state index in [4.69, 9.17) is 5.11 Å². The van der Waals surface area contributed by atoms with Crippen molar-refractivity contribution < 1.29 is 18.3 Å². The van der Waals surface area contributed by atoms with Crippen molar-refractivity contribution in [1.82, 2.24) is 9.62 Å². The summed E-state index contributed by atoms with van der Waals surface area (Å²) in [5.74, 6) is -1.14. The first-order valence-electron chi connectivity index (χ1n) is 7.81. The van der Waals surface area contributed by atoms with Gasteiger partial charge in [0.05, 0.1) is 5.56 Å². The fraction of sp³-hybridized carbons (Fsp3) is 0.353. The van der Waals surface area contributed by atoms with Crippen LogP contribution in [0.4, 0.5) is 0 Å². The summed E-state index contributed by atoms with van der Waals surface area (Å²) in [7, 11) is 0.0347. The Hall–Kier alpha value is -1.74. The summed E-state index contributed by atoms with van der Waals surface area (Å²) >= 11 is 0.901. The van der Waals surface area contributed by atoms with E-state index in [-0.39, 0.29) is 22.4 Å². The predicted molar refractivity (Wildman–Crippen MR) is 98.7 cm³/mol. The van der Waals surface area contributed by atoms with Gasteiger partial charge >= 0.3 is 5.97 Å². The van der Waals surface area contributed by atoms with Crippen LogP contribution in [0.1, 0.15) is 34.5 Å². The summed E-state index contributed by atoms with van der Waals surface area (Å²) in [6.07, 6.45) is 0.948. The number of hydrogen-bond acceptors (Lipinski definition) is 5.